The molecule has 0 N–H and O–H groups in total. The Bertz CT molecular complexity index is 464. The van der Waals surface area contributed by atoms with E-state index in [0.717, 1.165) is 5.39 Å². The summed E-state index contributed by atoms with van der Waals surface area (Å²) in [7, 11) is 0. The average molecular weight is 254 g/mol. The Labute approximate surface area is 87.7 Å². The summed E-state index contributed by atoms with van der Waals surface area (Å²) in [5.41, 5.74) is 0.606. The van der Waals surface area contributed by atoms with Crippen LogP contribution < -0.4 is 0 Å². The van der Waals surface area contributed by atoms with E-state index in [-0.39, 0.29) is 20.7 Å². The normalized spacial score (nSPS) is 10.4. The Morgan fingerprint density at radius 2 is 2.43 bits per heavy atom. The van der Waals surface area contributed by atoms with Crippen molar-refractivity contribution in [2.45, 2.75) is 6.92 Å². The van der Waals surface area contributed by atoms with E-state index in [9.17, 15) is 4.79 Å². The number of fused-ring (bicyclic) bond motifs is 1. The van der Waals surface area contributed by atoms with Crippen molar-refractivity contribution in [1.29, 1.82) is 0 Å². The summed E-state index contributed by atoms with van der Waals surface area (Å²) >= 11 is 0.197. The van der Waals surface area contributed by atoms with Crippen molar-refractivity contribution >= 4 is 30.3 Å². The summed E-state index contributed by atoms with van der Waals surface area (Å²) in [5, 5.41) is 1.05. The van der Waals surface area contributed by atoms with E-state index in [1.165, 1.54) is 4.26 Å². The molecule has 0 aliphatic rings. The first-order chi connectivity index (χ1) is 6.81. The maximum atomic E-state index is 11.4. The first kappa shape index (κ1) is 9.44. The number of benzene rings is 1. The molecular weight excluding hydrogens is 245 g/mol. The Kier molecular flexibility index (Phi) is 2.66. The number of hydrogen-bond donors (Lipinski definition) is 0. The number of aromatic nitrogens is 1. The van der Waals surface area contributed by atoms with Gasteiger partial charge in [-0.25, -0.2) is 0 Å². The molecule has 2 rings (SSSR count). The number of nitrogens with zero attached hydrogens (tertiary/aromatic N) is 1. The molecule has 14 heavy (non-hydrogen) atoms. The minimum atomic E-state index is -0.261. The Morgan fingerprint density at radius 3 is 3.21 bits per heavy atom. The summed E-state index contributed by atoms with van der Waals surface area (Å²) in [6.07, 6.45) is 1.82. The molecule has 0 amide bonds. The number of carbonyl (C=O) groups is 1. The Hall–Kier alpha value is -1.12. The molecular formula is C10H9NO2Se. The van der Waals surface area contributed by atoms with E-state index in [1.54, 1.807) is 13.0 Å². The van der Waals surface area contributed by atoms with Crippen molar-refractivity contribution in [2.24, 2.45) is 0 Å². The van der Waals surface area contributed by atoms with Gasteiger partial charge in [0, 0.05) is 0 Å². The number of carbonyl (C=O) groups excluding carboxylic acids is 1. The number of ether oxygens (including phenoxy) is 1. The molecule has 0 saturated carbocycles. The molecule has 0 spiro atoms. The zero-order valence-corrected chi connectivity index (χ0v) is 9.40. The van der Waals surface area contributed by atoms with Crippen LogP contribution in [0.5, 0.6) is 0 Å². The molecule has 0 atom stereocenters. The van der Waals surface area contributed by atoms with Gasteiger partial charge in [-0.05, 0) is 0 Å². The number of rotatable bonds is 2. The zero-order valence-electron chi connectivity index (χ0n) is 7.69. The van der Waals surface area contributed by atoms with Crippen molar-refractivity contribution in [3.63, 3.8) is 0 Å². The fourth-order valence-corrected chi connectivity index (χ4v) is 2.53. The van der Waals surface area contributed by atoms with Crippen LogP contribution in [0.25, 0.3) is 9.65 Å². The van der Waals surface area contributed by atoms with Gasteiger partial charge in [0.15, 0.2) is 0 Å². The van der Waals surface area contributed by atoms with Crippen LogP contribution in [0, 0.1) is 0 Å². The second kappa shape index (κ2) is 3.94. The van der Waals surface area contributed by atoms with Crippen LogP contribution in [0.3, 0.4) is 0 Å². The van der Waals surface area contributed by atoms with E-state index in [1.807, 2.05) is 18.3 Å². The van der Waals surface area contributed by atoms with Gasteiger partial charge in [0.2, 0.25) is 0 Å². The van der Waals surface area contributed by atoms with Gasteiger partial charge in [0.05, 0.1) is 0 Å². The van der Waals surface area contributed by atoms with Crippen molar-refractivity contribution in [3.05, 3.63) is 30.0 Å². The van der Waals surface area contributed by atoms with Crippen molar-refractivity contribution in [3.8, 4) is 0 Å². The molecule has 1 aromatic heterocycles. The van der Waals surface area contributed by atoms with Crippen LogP contribution in [0.2, 0.25) is 0 Å². The van der Waals surface area contributed by atoms with Gasteiger partial charge in [-0.2, -0.15) is 0 Å². The van der Waals surface area contributed by atoms with Crippen LogP contribution in [-0.2, 0) is 4.74 Å². The van der Waals surface area contributed by atoms with Crippen LogP contribution in [0.15, 0.2) is 24.4 Å². The third kappa shape index (κ3) is 1.72. The van der Waals surface area contributed by atoms with Crippen LogP contribution in [0.4, 0.5) is 0 Å². The molecule has 0 fully saturated rings. The Balaban J connectivity index is 2.38. The standard InChI is InChI=1S/C10H9NO2Se/c1-2-13-10(12)7-3-4-9-8(5-7)6-11-14-9/h3-6H,2H2,1H3. The molecule has 0 aliphatic heterocycles. The van der Waals surface area contributed by atoms with Gasteiger partial charge in [-0.1, -0.05) is 0 Å². The molecule has 0 aliphatic carbocycles. The predicted octanol–water partition coefficient (Wildman–Crippen LogP) is 1.47. The van der Waals surface area contributed by atoms with Gasteiger partial charge in [0.1, 0.15) is 0 Å². The molecule has 0 unspecified atom stereocenters. The quantitative estimate of drug-likeness (QED) is 0.601. The molecule has 4 heteroatoms. The zero-order chi connectivity index (χ0) is 9.97. The van der Waals surface area contributed by atoms with E-state index in [0.29, 0.717) is 12.2 Å². The van der Waals surface area contributed by atoms with E-state index in [4.69, 9.17) is 4.74 Å². The summed E-state index contributed by atoms with van der Waals surface area (Å²) in [6, 6.07) is 5.59. The third-order valence-electron chi connectivity index (χ3n) is 1.86. The van der Waals surface area contributed by atoms with Crippen molar-refractivity contribution < 1.29 is 9.53 Å². The molecule has 0 saturated heterocycles. The summed E-state index contributed by atoms with van der Waals surface area (Å²) in [4.78, 5) is 11.4. The second-order valence-electron chi connectivity index (χ2n) is 2.80. The fraction of sp³-hybridized carbons (Fsp3) is 0.200. The van der Waals surface area contributed by atoms with E-state index >= 15 is 0 Å². The van der Waals surface area contributed by atoms with E-state index < -0.39 is 0 Å². The fourth-order valence-electron chi connectivity index (χ4n) is 1.21. The van der Waals surface area contributed by atoms with Crippen LogP contribution in [-0.4, -0.2) is 31.3 Å². The van der Waals surface area contributed by atoms with Gasteiger partial charge < -0.3 is 0 Å². The SMILES string of the molecule is CCOC(=O)c1ccc2[se]ncc2c1. The average Bonchev–Trinajstić information content (AvgIpc) is 2.64. The second-order valence-corrected chi connectivity index (χ2v) is 4.55. The summed E-state index contributed by atoms with van der Waals surface area (Å²) < 4.78 is 10.3. The van der Waals surface area contributed by atoms with Gasteiger partial charge in [0.25, 0.3) is 0 Å². The third-order valence-corrected chi connectivity index (χ3v) is 3.50. The first-order valence-corrected chi connectivity index (χ1v) is 5.95. The van der Waals surface area contributed by atoms with Gasteiger partial charge in [-0.3, -0.25) is 0 Å². The van der Waals surface area contributed by atoms with Crippen LogP contribution in [0.1, 0.15) is 17.3 Å². The van der Waals surface area contributed by atoms with Crippen LogP contribution >= 0.6 is 0 Å². The van der Waals surface area contributed by atoms with E-state index in [2.05, 4.69) is 3.98 Å². The molecule has 1 aromatic carbocycles. The summed E-state index contributed by atoms with van der Waals surface area (Å²) in [6.45, 7) is 2.21. The topological polar surface area (TPSA) is 39.2 Å². The van der Waals surface area contributed by atoms with Gasteiger partial charge in [-0.15, -0.1) is 0 Å². The minimum absolute atomic E-state index is 0.197. The van der Waals surface area contributed by atoms with Crippen molar-refractivity contribution in [1.82, 2.24) is 3.98 Å². The monoisotopic (exact) mass is 255 g/mol. The first-order valence-electron chi connectivity index (χ1n) is 4.33. The number of hydrogen-bond acceptors (Lipinski definition) is 3. The molecule has 0 bridgehead atoms. The summed E-state index contributed by atoms with van der Waals surface area (Å²) in [5.74, 6) is -0.261. The Morgan fingerprint density at radius 1 is 1.57 bits per heavy atom. The molecule has 3 nitrogen and oxygen atoms in total. The molecule has 2 aromatic rings. The molecule has 1 heterocycles. The molecule has 0 radical (unpaired) electrons. The maximum absolute atomic E-state index is 11.4. The number of esters is 1. The molecule has 72 valence electrons. The predicted molar refractivity (Wildman–Crippen MR) is 54.6 cm³/mol. The van der Waals surface area contributed by atoms with Crippen molar-refractivity contribution in [2.75, 3.05) is 6.61 Å². The van der Waals surface area contributed by atoms with Gasteiger partial charge >= 0.3 is 87.3 Å².